The maximum atomic E-state index is 12.7. The fourth-order valence-corrected chi connectivity index (χ4v) is 3.42. The molecule has 0 fully saturated rings. The highest BCUT2D eigenvalue weighted by molar-refractivity contribution is 6.01. The van der Waals surface area contributed by atoms with Crippen molar-refractivity contribution in [2.75, 3.05) is 5.32 Å². The molecule has 4 rings (SSSR count). The molecule has 0 saturated carbocycles. The number of benzene rings is 2. The van der Waals surface area contributed by atoms with Gasteiger partial charge in [-0.2, -0.15) is 5.10 Å². The lowest BCUT2D eigenvalue weighted by atomic mass is 10.1. The number of aryl methyl sites for hydroxylation is 2. The summed E-state index contributed by atoms with van der Waals surface area (Å²) in [6.45, 7) is 2.51. The van der Waals surface area contributed by atoms with E-state index in [0.717, 1.165) is 28.9 Å². The van der Waals surface area contributed by atoms with E-state index < -0.39 is 6.04 Å². The number of carbonyl (C=O) groups is 2. The zero-order valence-electron chi connectivity index (χ0n) is 15.7. The van der Waals surface area contributed by atoms with Crippen molar-refractivity contribution in [3.05, 3.63) is 83.2 Å². The highest BCUT2D eigenvalue weighted by atomic mass is 16.2. The molecule has 28 heavy (non-hydrogen) atoms. The Labute approximate surface area is 163 Å². The molecule has 0 radical (unpaired) electrons. The molecule has 6 heteroatoms. The van der Waals surface area contributed by atoms with Crippen molar-refractivity contribution in [2.45, 2.75) is 32.4 Å². The molecule has 3 aromatic rings. The monoisotopic (exact) mass is 374 g/mol. The van der Waals surface area contributed by atoms with Gasteiger partial charge in [-0.05, 0) is 43.0 Å². The smallest absolute Gasteiger partial charge is 0.272 e. The summed E-state index contributed by atoms with van der Waals surface area (Å²) in [7, 11) is 0. The third-order valence-electron chi connectivity index (χ3n) is 4.99. The first kappa shape index (κ1) is 18.0. The van der Waals surface area contributed by atoms with Crippen molar-refractivity contribution >= 4 is 17.5 Å². The zero-order chi connectivity index (χ0) is 19.5. The normalized spacial score (nSPS) is 16.0. The first-order chi connectivity index (χ1) is 13.6. The van der Waals surface area contributed by atoms with Crippen LogP contribution in [0.5, 0.6) is 0 Å². The number of fused-ring (bicyclic) bond motifs is 1. The predicted molar refractivity (Wildman–Crippen MR) is 107 cm³/mol. The molecule has 2 aromatic carbocycles. The number of nitrogens with zero attached hydrogens (tertiary/aromatic N) is 2. The van der Waals surface area contributed by atoms with Gasteiger partial charge < -0.3 is 10.6 Å². The van der Waals surface area contributed by atoms with Gasteiger partial charge in [0.1, 0.15) is 11.7 Å². The van der Waals surface area contributed by atoms with Crippen LogP contribution in [0, 0.1) is 6.92 Å². The third-order valence-corrected chi connectivity index (χ3v) is 4.99. The van der Waals surface area contributed by atoms with Crippen molar-refractivity contribution in [2.24, 2.45) is 0 Å². The Bertz CT molecular complexity index is 1010. The number of aromatic nitrogens is 2. The maximum absolute atomic E-state index is 12.7. The van der Waals surface area contributed by atoms with Crippen LogP contribution in [0.2, 0.25) is 0 Å². The van der Waals surface area contributed by atoms with Crippen LogP contribution in [-0.2, 0) is 17.8 Å². The predicted octanol–water partition coefficient (Wildman–Crippen LogP) is 2.92. The highest BCUT2D eigenvalue weighted by Gasteiger charge is 2.26. The fraction of sp³-hybridized carbons (Fsp3) is 0.227. The van der Waals surface area contributed by atoms with Gasteiger partial charge in [0.25, 0.3) is 5.91 Å². The minimum atomic E-state index is -0.584. The Morgan fingerprint density at radius 3 is 2.75 bits per heavy atom. The number of para-hydroxylation sites is 1. The Morgan fingerprint density at radius 2 is 1.93 bits per heavy atom. The zero-order valence-corrected chi connectivity index (χ0v) is 15.7. The lowest BCUT2D eigenvalue weighted by molar-refractivity contribution is -0.118. The lowest BCUT2D eigenvalue weighted by Gasteiger charge is -2.14. The van der Waals surface area contributed by atoms with Gasteiger partial charge in [0, 0.05) is 11.4 Å². The van der Waals surface area contributed by atoms with E-state index in [1.54, 1.807) is 10.7 Å². The van der Waals surface area contributed by atoms with Gasteiger partial charge in [-0.1, -0.05) is 48.5 Å². The van der Waals surface area contributed by atoms with Crippen LogP contribution in [0.4, 0.5) is 5.69 Å². The summed E-state index contributed by atoms with van der Waals surface area (Å²) >= 11 is 0. The number of amides is 2. The number of rotatable bonds is 4. The Morgan fingerprint density at radius 1 is 1.18 bits per heavy atom. The van der Waals surface area contributed by atoms with Gasteiger partial charge in [0.2, 0.25) is 5.91 Å². The van der Waals surface area contributed by atoms with Crippen LogP contribution in [0.15, 0.2) is 60.7 Å². The molecule has 0 aliphatic carbocycles. The van der Waals surface area contributed by atoms with Crippen LogP contribution in [-0.4, -0.2) is 27.6 Å². The summed E-state index contributed by atoms with van der Waals surface area (Å²) in [5.74, 6) is -0.528. The van der Waals surface area contributed by atoms with Crippen LogP contribution in [0.25, 0.3) is 0 Å². The van der Waals surface area contributed by atoms with Gasteiger partial charge in [-0.3, -0.25) is 14.3 Å². The van der Waals surface area contributed by atoms with Crippen LogP contribution in [0.1, 0.15) is 33.7 Å². The Kier molecular flexibility index (Phi) is 4.93. The second-order valence-electron chi connectivity index (χ2n) is 7.03. The summed E-state index contributed by atoms with van der Waals surface area (Å²) in [6.07, 6.45) is 1.28. The molecule has 6 nitrogen and oxygen atoms in total. The highest BCUT2D eigenvalue weighted by Crippen LogP contribution is 2.21. The molecular weight excluding hydrogens is 352 g/mol. The van der Waals surface area contributed by atoms with Crippen molar-refractivity contribution in [1.82, 2.24) is 15.1 Å². The van der Waals surface area contributed by atoms with E-state index >= 15 is 0 Å². The summed E-state index contributed by atoms with van der Waals surface area (Å²) in [5.41, 5.74) is 4.22. The molecular formula is C22H22N4O2. The fourth-order valence-electron chi connectivity index (χ4n) is 3.42. The minimum absolute atomic E-state index is 0.196. The summed E-state index contributed by atoms with van der Waals surface area (Å²) in [4.78, 5) is 25.2. The quantitative estimate of drug-likeness (QED) is 0.737. The van der Waals surface area contributed by atoms with E-state index in [4.69, 9.17) is 0 Å². The topological polar surface area (TPSA) is 76.0 Å². The van der Waals surface area contributed by atoms with Gasteiger partial charge >= 0.3 is 0 Å². The van der Waals surface area contributed by atoms with Crippen molar-refractivity contribution < 1.29 is 9.59 Å². The molecule has 2 heterocycles. The van der Waals surface area contributed by atoms with Crippen molar-refractivity contribution in [3.63, 3.8) is 0 Å². The lowest BCUT2D eigenvalue weighted by Crippen LogP contribution is -2.43. The standard InChI is InChI=1S/C22H22N4O2/c1-15-13-20(25-26(15)14-16-7-3-2-4-8-16)22(28)24-19-12-11-17-9-5-6-10-18(17)23-21(19)27/h2-10,13,19H,11-12,14H2,1H3,(H,23,27)(H,24,28)/t19-/m0/s1. The second-order valence-corrected chi connectivity index (χ2v) is 7.03. The van der Waals surface area contributed by atoms with Crippen LogP contribution >= 0.6 is 0 Å². The molecule has 1 aliphatic heterocycles. The molecule has 0 unspecified atom stereocenters. The molecule has 2 amide bonds. The SMILES string of the molecule is Cc1cc(C(=O)N[C@H]2CCc3ccccc3NC2=O)nn1Cc1ccccc1. The van der Waals surface area contributed by atoms with Gasteiger partial charge in [0.15, 0.2) is 0 Å². The third kappa shape index (κ3) is 3.81. The van der Waals surface area contributed by atoms with E-state index in [9.17, 15) is 9.59 Å². The van der Waals surface area contributed by atoms with E-state index in [-0.39, 0.29) is 11.8 Å². The maximum Gasteiger partial charge on any atom is 0.272 e. The van der Waals surface area contributed by atoms with Gasteiger partial charge in [0.05, 0.1) is 6.54 Å². The van der Waals surface area contributed by atoms with E-state index in [1.807, 2.05) is 61.5 Å². The summed E-state index contributed by atoms with van der Waals surface area (Å²) in [5, 5.41) is 10.2. The number of carbonyl (C=O) groups excluding carboxylic acids is 2. The molecule has 0 saturated heterocycles. The summed E-state index contributed by atoms with van der Waals surface area (Å²) in [6, 6.07) is 18.8. The van der Waals surface area contributed by atoms with Crippen molar-refractivity contribution in [1.29, 1.82) is 0 Å². The average molecular weight is 374 g/mol. The second kappa shape index (κ2) is 7.68. The molecule has 0 spiro atoms. The minimum Gasteiger partial charge on any atom is -0.339 e. The van der Waals surface area contributed by atoms with Crippen molar-refractivity contribution in [3.8, 4) is 0 Å². The van der Waals surface area contributed by atoms with Crippen LogP contribution in [0.3, 0.4) is 0 Å². The Hall–Kier alpha value is -3.41. The first-order valence-corrected chi connectivity index (χ1v) is 9.38. The number of nitrogens with one attached hydrogen (secondary N) is 2. The summed E-state index contributed by atoms with van der Waals surface area (Å²) < 4.78 is 1.80. The van der Waals surface area contributed by atoms with Gasteiger partial charge in [-0.25, -0.2) is 0 Å². The largest absolute Gasteiger partial charge is 0.339 e. The molecule has 1 aliphatic rings. The number of hydrogen-bond donors (Lipinski definition) is 2. The Balaban J connectivity index is 1.45. The molecule has 0 bridgehead atoms. The van der Waals surface area contributed by atoms with E-state index in [1.165, 1.54) is 0 Å². The van der Waals surface area contributed by atoms with E-state index in [0.29, 0.717) is 18.7 Å². The molecule has 142 valence electrons. The first-order valence-electron chi connectivity index (χ1n) is 9.38. The van der Waals surface area contributed by atoms with E-state index in [2.05, 4.69) is 15.7 Å². The number of anilines is 1. The average Bonchev–Trinajstić information content (AvgIpc) is 2.98. The number of hydrogen-bond acceptors (Lipinski definition) is 3. The molecule has 1 aromatic heterocycles. The van der Waals surface area contributed by atoms with Gasteiger partial charge in [-0.15, -0.1) is 0 Å². The van der Waals surface area contributed by atoms with Crippen LogP contribution < -0.4 is 10.6 Å². The molecule has 2 N–H and O–H groups in total. The molecule has 1 atom stereocenters.